The molecule has 0 saturated carbocycles. The van der Waals surface area contributed by atoms with Crippen molar-refractivity contribution in [2.24, 2.45) is 11.7 Å². The van der Waals surface area contributed by atoms with Gasteiger partial charge in [-0.25, -0.2) is 16.8 Å². The number of hydrazine groups is 2. The summed E-state index contributed by atoms with van der Waals surface area (Å²) in [6.07, 6.45) is 0. The minimum Gasteiger partial charge on any atom is -0.398 e. The number of rotatable bonds is 1. The second kappa shape index (κ2) is 2.96. The van der Waals surface area contributed by atoms with Crippen molar-refractivity contribution in [3.8, 4) is 0 Å². The van der Waals surface area contributed by atoms with Crippen molar-refractivity contribution in [1.29, 1.82) is 0 Å². The molecule has 0 radical (unpaired) electrons. The smallest absolute Gasteiger partial charge is 0.0713 e. The first-order valence-electron chi connectivity index (χ1n) is 2.96. The van der Waals surface area contributed by atoms with Crippen molar-refractivity contribution in [2.75, 3.05) is 10.9 Å². The van der Waals surface area contributed by atoms with Gasteiger partial charge in [-0.1, -0.05) is 11.6 Å². The highest BCUT2D eigenvalue weighted by molar-refractivity contribution is 6.33. The van der Waals surface area contributed by atoms with E-state index in [1.807, 2.05) is 0 Å². The fourth-order valence-corrected chi connectivity index (χ4v) is 0.851. The van der Waals surface area contributed by atoms with Gasteiger partial charge in [-0.15, -0.1) is 0 Å². The van der Waals surface area contributed by atoms with Gasteiger partial charge >= 0.3 is 0 Å². The third kappa shape index (κ3) is 1.74. The van der Waals surface area contributed by atoms with E-state index in [2.05, 4.69) is 0 Å². The van der Waals surface area contributed by atoms with Crippen LogP contribution in [-0.4, -0.2) is 0 Å². The summed E-state index contributed by atoms with van der Waals surface area (Å²) in [5.41, 5.74) is 6.58. The van der Waals surface area contributed by atoms with Crippen molar-refractivity contribution < 1.29 is 0 Å². The molecule has 0 unspecified atom stereocenters. The summed E-state index contributed by atoms with van der Waals surface area (Å²) in [7, 11) is 0. The monoisotopic (exact) mass is 172 g/mol. The zero-order chi connectivity index (χ0) is 8.43. The Labute approximate surface area is 69.5 Å². The molecule has 6 N–H and O–H groups in total. The molecule has 4 nitrogen and oxygen atoms in total. The Morgan fingerprint density at radius 2 is 1.91 bits per heavy atom. The van der Waals surface area contributed by atoms with Crippen LogP contribution in [0, 0.1) is 0 Å². The Kier molecular flexibility index (Phi) is 2.19. The van der Waals surface area contributed by atoms with Gasteiger partial charge in [0, 0.05) is 0 Å². The first-order chi connectivity index (χ1) is 5.11. The van der Waals surface area contributed by atoms with Gasteiger partial charge in [-0.2, -0.15) is 0 Å². The molecule has 0 heterocycles. The minimum atomic E-state index is 0.448. The Hall–Kier alpha value is -0.970. The summed E-state index contributed by atoms with van der Waals surface area (Å²) in [4.78, 5) is 0. The summed E-state index contributed by atoms with van der Waals surface area (Å²) in [5.74, 6) is 10.5. The van der Waals surface area contributed by atoms with E-state index in [0.29, 0.717) is 16.4 Å². The number of halogens is 1. The molecule has 1 rings (SSSR count). The van der Waals surface area contributed by atoms with Crippen LogP contribution in [0.3, 0.4) is 0 Å². The largest absolute Gasteiger partial charge is 0.398 e. The first-order valence-corrected chi connectivity index (χ1v) is 3.33. The Morgan fingerprint density at radius 1 is 1.27 bits per heavy atom. The molecule has 0 aliphatic heterocycles. The van der Waals surface area contributed by atoms with Crippen LogP contribution in [0.1, 0.15) is 0 Å². The van der Waals surface area contributed by atoms with Crippen LogP contribution in [0.4, 0.5) is 11.4 Å². The van der Waals surface area contributed by atoms with Gasteiger partial charge in [0.15, 0.2) is 0 Å². The van der Waals surface area contributed by atoms with E-state index in [1.54, 1.807) is 18.2 Å². The number of anilines is 2. The van der Waals surface area contributed by atoms with E-state index in [4.69, 9.17) is 29.0 Å². The standard InChI is InChI=1S/C6H9ClN4/c7-5-3-4(11(9)10)1-2-6(5)8/h1-3H,8-10H2. The van der Waals surface area contributed by atoms with Crippen LogP contribution in [0.25, 0.3) is 0 Å². The van der Waals surface area contributed by atoms with Gasteiger partial charge in [0.25, 0.3) is 0 Å². The fourth-order valence-electron chi connectivity index (χ4n) is 0.677. The molecule has 0 amide bonds. The number of hydrogen-bond donors (Lipinski definition) is 3. The van der Waals surface area contributed by atoms with Gasteiger partial charge in [0.2, 0.25) is 0 Å². The third-order valence-corrected chi connectivity index (χ3v) is 1.61. The van der Waals surface area contributed by atoms with Crippen LogP contribution in [-0.2, 0) is 0 Å². The summed E-state index contributed by atoms with van der Waals surface area (Å²) >= 11 is 5.70. The molecule has 0 atom stereocenters. The fraction of sp³-hybridized carbons (Fsp3) is 0. The molecular formula is C6H9ClN4. The van der Waals surface area contributed by atoms with E-state index >= 15 is 0 Å². The number of benzene rings is 1. The van der Waals surface area contributed by atoms with E-state index < -0.39 is 0 Å². The summed E-state index contributed by atoms with van der Waals surface area (Å²) in [5, 5.41) is 1.43. The summed E-state index contributed by atoms with van der Waals surface area (Å²) in [6, 6.07) is 4.92. The van der Waals surface area contributed by atoms with E-state index in [1.165, 1.54) is 0 Å². The van der Waals surface area contributed by atoms with Crippen molar-refractivity contribution in [2.45, 2.75) is 0 Å². The second-order valence-corrected chi connectivity index (χ2v) is 2.52. The highest BCUT2D eigenvalue weighted by atomic mass is 35.5. The van der Waals surface area contributed by atoms with Gasteiger partial charge in [-0.3, -0.25) is 0 Å². The van der Waals surface area contributed by atoms with E-state index in [0.717, 1.165) is 5.12 Å². The van der Waals surface area contributed by atoms with Gasteiger partial charge < -0.3 is 5.73 Å². The maximum absolute atomic E-state index is 5.70. The molecule has 0 aliphatic rings. The van der Waals surface area contributed by atoms with Gasteiger partial charge in [-0.05, 0) is 18.2 Å². The lowest BCUT2D eigenvalue weighted by molar-refractivity contribution is 0.925. The molecule has 1 aromatic rings. The molecule has 0 saturated heterocycles. The summed E-state index contributed by atoms with van der Waals surface area (Å²) in [6.45, 7) is 0. The molecular weight excluding hydrogens is 164 g/mol. The van der Waals surface area contributed by atoms with Crippen molar-refractivity contribution in [3.05, 3.63) is 23.2 Å². The number of nitrogens with two attached hydrogens (primary N) is 3. The second-order valence-electron chi connectivity index (χ2n) is 2.11. The number of nitrogens with zero attached hydrogens (tertiary/aromatic N) is 1. The van der Waals surface area contributed by atoms with Gasteiger partial charge in [0.05, 0.1) is 16.4 Å². The molecule has 60 valence electrons. The molecule has 11 heavy (non-hydrogen) atoms. The normalized spacial score (nSPS) is 9.73. The topological polar surface area (TPSA) is 81.3 Å². The average molecular weight is 173 g/mol. The highest BCUT2D eigenvalue weighted by Crippen LogP contribution is 2.22. The van der Waals surface area contributed by atoms with E-state index in [-0.39, 0.29) is 0 Å². The predicted molar refractivity (Wildman–Crippen MR) is 46.7 cm³/mol. The molecule has 0 spiro atoms. The van der Waals surface area contributed by atoms with Crippen molar-refractivity contribution >= 4 is 23.0 Å². The van der Waals surface area contributed by atoms with Crippen molar-refractivity contribution in [1.82, 2.24) is 0 Å². The zero-order valence-electron chi connectivity index (χ0n) is 5.79. The van der Waals surface area contributed by atoms with Crippen LogP contribution >= 0.6 is 11.6 Å². The maximum atomic E-state index is 5.70. The molecule has 0 aromatic heterocycles. The lowest BCUT2D eigenvalue weighted by Crippen LogP contribution is -2.37. The van der Waals surface area contributed by atoms with Crippen molar-refractivity contribution in [3.63, 3.8) is 0 Å². The molecule has 0 bridgehead atoms. The molecule has 0 aliphatic carbocycles. The Morgan fingerprint density at radius 3 is 2.36 bits per heavy atom. The lowest BCUT2D eigenvalue weighted by Gasteiger charge is -2.11. The quantitative estimate of drug-likeness (QED) is 0.327. The highest BCUT2D eigenvalue weighted by Gasteiger charge is 1.99. The predicted octanol–water partition coefficient (Wildman–Crippen LogP) is 0.476. The molecule has 5 heteroatoms. The minimum absolute atomic E-state index is 0.448. The first kappa shape index (κ1) is 8.13. The average Bonchev–Trinajstić information content (AvgIpc) is 1.94. The summed E-state index contributed by atoms with van der Waals surface area (Å²) < 4.78 is 0. The Bertz CT molecular complexity index is 261. The molecule has 0 fully saturated rings. The van der Waals surface area contributed by atoms with Crippen LogP contribution in [0.5, 0.6) is 0 Å². The van der Waals surface area contributed by atoms with Crippen LogP contribution in [0.2, 0.25) is 5.02 Å². The number of nitrogen functional groups attached to an aromatic ring is 1. The maximum Gasteiger partial charge on any atom is 0.0713 e. The number of hydrogen-bond acceptors (Lipinski definition) is 4. The van der Waals surface area contributed by atoms with E-state index in [9.17, 15) is 0 Å². The lowest BCUT2D eigenvalue weighted by atomic mass is 10.3. The SMILES string of the molecule is Nc1ccc(N(N)N)cc1Cl. The Balaban J connectivity index is 3.05. The van der Waals surface area contributed by atoms with Gasteiger partial charge in [0.1, 0.15) is 0 Å². The van der Waals surface area contributed by atoms with Crippen LogP contribution in [0.15, 0.2) is 18.2 Å². The van der Waals surface area contributed by atoms with Crippen LogP contribution < -0.4 is 22.5 Å². The zero-order valence-corrected chi connectivity index (χ0v) is 6.55. The molecule has 1 aromatic carbocycles. The third-order valence-electron chi connectivity index (χ3n) is 1.28.